The third-order valence-corrected chi connectivity index (χ3v) is 5.52. The van der Waals surface area contributed by atoms with Gasteiger partial charge in [-0.2, -0.15) is 0 Å². The molecule has 0 aromatic carbocycles. The van der Waals surface area contributed by atoms with Crippen molar-refractivity contribution >= 4 is 15.4 Å². The minimum Gasteiger partial charge on any atom is -0.387 e. The average molecular weight is 330 g/mol. The van der Waals surface area contributed by atoms with Crippen LogP contribution < -0.4 is 0 Å². The van der Waals surface area contributed by atoms with Crippen LogP contribution in [0.1, 0.15) is 33.6 Å². The number of halogens is 2. The Morgan fingerprint density at radius 2 is 2.00 bits per heavy atom. The number of ether oxygens (including phenoxy) is 1. The molecule has 0 saturated carbocycles. The number of hydrogen-bond acceptors (Lipinski definition) is 5. The fourth-order valence-corrected chi connectivity index (χ4v) is 2.83. The van der Waals surface area contributed by atoms with Gasteiger partial charge in [0.05, 0.1) is 12.1 Å². The second kappa shape index (κ2) is 6.22. The van der Waals surface area contributed by atoms with E-state index in [9.17, 15) is 28.5 Å². The van der Waals surface area contributed by atoms with Crippen LogP contribution in [0.2, 0.25) is 0 Å². The second-order valence-corrected chi connectivity index (χ2v) is 8.18. The number of alkyl halides is 2. The van der Waals surface area contributed by atoms with Crippen molar-refractivity contribution in [3.8, 4) is 0 Å². The van der Waals surface area contributed by atoms with E-state index in [1.807, 2.05) is 0 Å². The summed E-state index contributed by atoms with van der Waals surface area (Å²) >= 11 is 0. The molecule has 2 unspecified atom stereocenters. The van der Waals surface area contributed by atoms with Crippen molar-refractivity contribution in [1.29, 1.82) is 0 Å². The molecule has 0 aromatic rings. The summed E-state index contributed by atoms with van der Waals surface area (Å²) in [6.07, 6.45) is -5.33. The molecule has 6 atom stereocenters. The SMILES string of the molecule is B[C@@H]1O[C@H](CC(F)(CC)OP(=O)(O)C(C)(C)O)[C@@H](O)[C@H]1F. The topological polar surface area (TPSA) is 96.2 Å². The predicted octanol–water partition coefficient (Wildman–Crippen LogP) is 0.440. The molecule has 6 nitrogen and oxygen atoms in total. The number of hydrogen-bond donors (Lipinski definition) is 3. The Bertz CT molecular complexity index is 420. The summed E-state index contributed by atoms with van der Waals surface area (Å²) in [6, 6.07) is -0.902. The molecular weight excluding hydrogens is 308 g/mol. The zero-order valence-electron chi connectivity index (χ0n) is 12.5. The smallest absolute Gasteiger partial charge is 0.361 e. The Morgan fingerprint density at radius 1 is 1.48 bits per heavy atom. The highest BCUT2D eigenvalue weighted by Gasteiger charge is 2.50. The van der Waals surface area contributed by atoms with Gasteiger partial charge >= 0.3 is 7.60 Å². The molecule has 0 spiro atoms. The van der Waals surface area contributed by atoms with Gasteiger partial charge in [-0.25, -0.2) is 8.78 Å². The monoisotopic (exact) mass is 330 g/mol. The van der Waals surface area contributed by atoms with Crippen molar-refractivity contribution in [3.05, 3.63) is 0 Å². The lowest BCUT2D eigenvalue weighted by atomic mass is 9.93. The molecule has 0 radical (unpaired) electrons. The zero-order chi connectivity index (χ0) is 16.6. The summed E-state index contributed by atoms with van der Waals surface area (Å²) in [7, 11) is -3.27. The third-order valence-electron chi connectivity index (χ3n) is 3.56. The maximum absolute atomic E-state index is 14.6. The summed E-state index contributed by atoms with van der Waals surface area (Å²) in [5.41, 5.74) is 0. The van der Waals surface area contributed by atoms with Gasteiger partial charge in [0, 0.05) is 12.8 Å². The normalized spacial score (nSPS) is 36.2. The van der Waals surface area contributed by atoms with E-state index >= 15 is 0 Å². The van der Waals surface area contributed by atoms with Crippen LogP contribution in [0.5, 0.6) is 0 Å². The highest BCUT2D eigenvalue weighted by atomic mass is 31.2. The van der Waals surface area contributed by atoms with E-state index in [0.29, 0.717) is 0 Å². The van der Waals surface area contributed by atoms with Crippen LogP contribution >= 0.6 is 7.60 Å². The molecule has 10 heteroatoms. The van der Waals surface area contributed by atoms with Crippen LogP contribution in [0.25, 0.3) is 0 Å². The minimum atomic E-state index is -4.67. The van der Waals surface area contributed by atoms with Crippen molar-refractivity contribution in [2.75, 3.05) is 0 Å². The van der Waals surface area contributed by atoms with E-state index in [2.05, 4.69) is 4.52 Å². The first-order chi connectivity index (χ1) is 9.33. The van der Waals surface area contributed by atoms with Crippen molar-refractivity contribution < 1.29 is 37.7 Å². The van der Waals surface area contributed by atoms with Gasteiger partial charge in [-0.05, 0) is 13.8 Å². The fraction of sp³-hybridized carbons (Fsp3) is 1.00. The lowest BCUT2D eigenvalue weighted by Gasteiger charge is -2.33. The molecule has 1 rings (SSSR count). The van der Waals surface area contributed by atoms with Gasteiger partial charge < -0.3 is 19.8 Å². The van der Waals surface area contributed by atoms with Gasteiger partial charge in [-0.1, -0.05) is 6.92 Å². The Kier molecular flexibility index (Phi) is 5.63. The molecule has 0 amide bonds. The molecule has 124 valence electrons. The summed E-state index contributed by atoms with van der Waals surface area (Å²) < 4.78 is 49.7. The first-order valence-corrected chi connectivity index (χ1v) is 8.33. The largest absolute Gasteiger partial charge is 0.387 e. The lowest BCUT2D eigenvalue weighted by molar-refractivity contribution is -0.123. The molecule has 1 fully saturated rings. The van der Waals surface area contributed by atoms with Gasteiger partial charge in [0.15, 0.2) is 5.34 Å². The molecule has 0 aromatic heterocycles. The highest BCUT2D eigenvalue weighted by Crippen LogP contribution is 2.57. The summed E-state index contributed by atoms with van der Waals surface area (Å²) in [6.45, 7) is 3.40. The number of aliphatic hydroxyl groups is 2. The van der Waals surface area contributed by atoms with Crippen LogP contribution in [-0.4, -0.2) is 58.5 Å². The molecular formula is C11H22BF2O6P. The highest BCUT2D eigenvalue weighted by molar-refractivity contribution is 7.54. The summed E-state index contributed by atoms with van der Waals surface area (Å²) in [4.78, 5) is 9.63. The van der Waals surface area contributed by atoms with E-state index in [4.69, 9.17) is 4.74 Å². The third kappa shape index (κ3) is 4.24. The first kappa shape index (κ1) is 19.0. The molecule has 1 saturated heterocycles. The van der Waals surface area contributed by atoms with Crippen LogP contribution in [0.15, 0.2) is 0 Å². The Hall–Kier alpha value is -0.0451. The van der Waals surface area contributed by atoms with Crippen LogP contribution in [0, 0.1) is 0 Å². The molecule has 0 aliphatic carbocycles. The van der Waals surface area contributed by atoms with Crippen LogP contribution in [0.3, 0.4) is 0 Å². The maximum atomic E-state index is 14.6. The molecule has 21 heavy (non-hydrogen) atoms. The first-order valence-electron chi connectivity index (χ1n) is 6.75. The zero-order valence-corrected chi connectivity index (χ0v) is 13.4. The summed E-state index contributed by atoms with van der Waals surface area (Å²) in [5, 5.41) is 17.0. The quantitative estimate of drug-likeness (QED) is 0.483. The molecule has 1 heterocycles. The lowest BCUT2D eigenvalue weighted by Crippen LogP contribution is -2.38. The Morgan fingerprint density at radius 3 is 2.33 bits per heavy atom. The van der Waals surface area contributed by atoms with E-state index < -0.39 is 49.6 Å². The number of aliphatic hydroxyl groups excluding tert-OH is 1. The van der Waals surface area contributed by atoms with Gasteiger partial charge in [0.25, 0.3) is 0 Å². The van der Waals surface area contributed by atoms with E-state index in [1.165, 1.54) is 14.8 Å². The molecule has 3 N–H and O–H groups in total. The van der Waals surface area contributed by atoms with E-state index in [1.54, 1.807) is 0 Å². The standard InChI is InChI=1S/C11H22BF2O6P/c1-4-11(14,20-21(17,18)10(2,3)16)5-6-8(15)7(13)9(12)19-6/h6-9,15-16H,4-5,12H2,1-3H3,(H,17,18)/t6-,7-,8-,9-,11?/m1/s1. The van der Waals surface area contributed by atoms with Gasteiger partial charge in [0.2, 0.25) is 5.85 Å². The predicted molar refractivity (Wildman–Crippen MR) is 74.1 cm³/mol. The second-order valence-electron chi connectivity index (χ2n) is 5.86. The van der Waals surface area contributed by atoms with E-state index in [-0.39, 0.29) is 6.42 Å². The Labute approximate surface area is 123 Å². The Balaban J connectivity index is 2.85. The van der Waals surface area contributed by atoms with Gasteiger partial charge in [-0.15, -0.1) is 0 Å². The maximum Gasteiger partial charge on any atom is 0.361 e. The summed E-state index contributed by atoms with van der Waals surface area (Å²) in [5.74, 6) is -2.63. The van der Waals surface area contributed by atoms with Crippen LogP contribution in [0.4, 0.5) is 8.78 Å². The van der Waals surface area contributed by atoms with Gasteiger partial charge in [-0.3, -0.25) is 9.09 Å². The van der Waals surface area contributed by atoms with E-state index in [0.717, 1.165) is 13.8 Å². The van der Waals surface area contributed by atoms with Crippen molar-refractivity contribution in [1.82, 2.24) is 0 Å². The average Bonchev–Trinajstić information content (AvgIpc) is 2.55. The van der Waals surface area contributed by atoms with Crippen molar-refractivity contribution in [2.24, 2.45) is 0 Å². The number of rotatable bonds is 6. The van der Waals surface area contributed by atoms with Crippen molar-refractivity contribution in [3.63, 3.8) is 0 Å². The molecule has 1 aliphatic rings. The van der Waals surface area contributed by atoms with Crippen molar-refractivity contribution in [2.45, 2.75) is 69.2 Å². The molecule has 0 bridgehead atoms. The minimum absolute atomic E-state index is 0.328. The van der Waals surface area contributed by atoms with Crippen LogP contribution in [-0.2, 0) is 13.8 Å². The fourth-order valence-electron chi connectivity index (χ4n) is 1.96. The molecule has 1 aliphatic heterocycles. The van der Waals surface area contributed by atoms with Gasteiger partial charge in [0.1, 0.15) is 20.1 Å².